The van der Waals surface area contributed by atoms with Crippen molar-refractivity contribution in [3.8, 4) is 23.0 Å². The van der Waals surface area contributed by atoms with E-state index >= 15 is 0 Å². The maximum absolute atomic E-state index is 14.6. The summed E-state index contributed by atoms with van der Waals surface area (Å²) in [6.07, 6.45) is 0. The Morgan fingerprint density at radius 1 is 0.811 bits per heavy atom. The summed E-state index contributed by atoms with van der Waals surface area (Å²) in [5.41, 5.74) is 0.150. The molecule has 37 heavy (non-hydrogen) atoms. The molecule has 1 N–H and O–H groups in total. The third-order valence-electron chi connectivity index (χ3n) is 4.76. The monoisotopic (exact) mass is 523 g/mol. The molecule has 0 saturated heterocycles. The Bertz CT molecular complexity index is 1110. The molecule has 2 aromatic rings. The minimum Gasteiger partial charge on any atom is -0.481 e. The van der Waals surface area contributed by atoms with E-state index in [4.69, 9.17) is 37.9 Å². The third-order valence-corrected chi connectivity index (χ3v) is 4.76. The van der Waals surface area contributed by atoms with Gasteiger partial charge in [0.15, 0.2) is 31.8 Å². The van der Waals surface area contributed by atoms with Crippen molar-refractivity contribution in [2.45, 2.75) is 0 Å². The van der Waals surface area contributed by atoms with E-state index < -0.39 is 30.2 Å². The number of hydrogen-bond donors (Lipinski definition) is 1. The molecule has 0 atom stereocenters. The lowest BCUT2D eigenvalue weighted by atomic mass is 10.1. The summed E-state index contributed by atoms with van der Waals surface area (Å²) in [4.78, 5) is 36.4. The second-order valence-corrected chi connectivity index (χ2v) is 7.25. The highest BCUT2D eigenvalue weighted by molar-refractivity contribution is 6.22. The smallest absolute Gasteiger partial charge is 0.349 e. The van der Waals surface area contributed by atoms with Crippen LogP contribution in [-0.2, 0) is 23.7 Å². The molecule has 2 aromatic carbocycles. The number of ether oxygens (including phenoxy) is 8. The molecule has 0 aliphatic carbocycles. The zero-order valence-electron chi connectivity index (χ0n) is 20.2. The quantitative estimate of drug-likeness (QED) is 0.113. The second-order valence-electron chi connectivity index (χ2n) is 7.25. The van der Waals surface area contributed by atoms with Gasteiger partial charge in [-0.2, -0.15) is 0 Å². The Morgan fingerprint density at radius 3 is 2.16 bits per heavy atom. The fourth-order valence-corrected chi connectivity index (χ4v) is 3.07. The molecule has 1 heterocycles. The van der Waals surface area contributed by atoms with Crippen molar-refractivity contribution in [1.29, 1.82) is 0 Å². The Kier molecular flexibility index (Phi) is 10.6. The number of imide groups is 1. The van der Waals surface area contributed by atoms with Gasteiger partial charge < -0.3 is 37.9 Å². The minimum atomic E-state index is -0.901. The van der Waals surface area contributed by atoms with E-state index in [-0.39, 0.29) is 60.9 Å². The van der Waals surface area contributed by atoms with Gasteiger partial charge in [-0.15, -0.1) is 0 Å². The lowest BCUT2D eigenvalue weighted by molar-refractivity contribution is -0.136. The molecule has 1 aliphatic heterocycles. The van der Waals surface area contributed by atoms with E-state index in [9.17, 15) is 18.8 Å². The average molecular weight is 523 g/mol. The zero-order chi connectivity index (χ0) is 26.6. The van der Waals surface area contributed by atoms with Crippen molar-refractivity contribution >= 4 is 17.8 Å². The lowest BCUT2D eigenvalue weighted by Crippen LogP contribution is -2.21. The third kappa shape index (κ3) is 7.60. The summed E-state index contributed by atoms with van der Waals surface area (Å²) < 4.78 is 56.3. The van der Waals surface area contributed by atoms with E-state index in [1.165, 1.54) is 38.5 Å². The van der Waals surface area contributed by atoms with E-state index in [1.54, 1.807) is 0 Å². The van der Waals surface area contributed by atoms with Gasteiger partial charge in [-0.1, -0.05) is 6.07 Å². The molecule has 1 aliphatic rings. The second kappa shape index (κ2) is 14.1. The number of hydrogen-bond acceptors (Lipinski definition) is 11. The zero-order valence-corrected chi connectivity index (χ0v) is 20.2. The maximum atomic E-state index is 14.6. The highest BCUT2D eigenvalue weighted by atomic mass is 19.1. The normalized spacial score (nSPS) is 12.2. The number of rotatable bonds is 16. The van der Waals surface area contributed by atoms with Crippen LogP contribution in [0.3, 0.4) is 0 Å². The van der Waals surface area contributed by atoms with Gasteiger partial charge in [0.2, 0.25) is 11.5 Å². The van der Waals surface area contributed by atoms with Crippen LogP contribution in [0.4, 0.5) is 4.39 Å². The summed E-state index contributed by atoms with van der Waals surface area (Å²) in [6.45, 7) is -0.281. The SMILES string of the molecule is COCCOCOc1c(F)ccc(OC(=O)COc2cccc3c2C(=O)NC3=O)c1OCOCCOC. The van der Waals surface area contributed by atoms with E-state index in [0.29, 0.717) is 13.2 Å². The summed E-state index contributed by atoms with van der Waals surface area (Å²) in [6, 6.07) is 6.59. The van der Waals surface area contributed by atoms with Crippen molar-refractivity contribution in [1.82, 2.24) is 5.32 Å². The molecular formula is C24H26FNO11. The van der Waals surface area contributed by atoms with Crippen LogP contribution < -0.4 is 24.3 Å². The summed E-state index contributed by atoms with van der Waals surface area (Å²) in [5, 5.41) is 2.15. The van der Waals surface area contributed by atoms with Crippen LogP contribution in [0.5, 0.6) is 23.0 Å². The topological polar surface area (TPSA) is 137 Å². The van der Waals surface area contributed by atoms with Crippen molar-refractivity contribution < 1.29 is 56.7 Å². The molecule has 0 fully saturated rings. The Morgan fingerprint density at radius 2 is 1.49 bits per heavy atom. The van der Waals surface area contributed by atoms with Gasteiger partial charge in [0.05, 0.1) is 37.6 Å². The van der Waals surface area contributed by atoms with Crippen LogP contribution in [0.2, 0.25) is 0 Å². The van der Waals surface area contributed by atoms with E-state index in [0.717, 1.165) is 6.07 Å². The van der Waals surface area contributed by atoms with Gasteiger partial charge in [-0.25, -0.2) is 9.18 Å². The van der Waals surface area contributed by atoms with Crippen molar-refractivity contribution in [3.05, 3.63) is 47.3 Å². The predicted octanol–water partition coefficient (Wildman–Crippen LogP) is 1.69. The first-order valence-corrected chi connectivity index (χ1v) is 11.0. The molecule has 0 saturated carbocycles. The fraction of sp³-hybridized carbons (Fsp3) is 0.375. The molecular weight excluding hydrogens is 497 g/mol. The van der Waals surface area contributed by atoms with Gasteiger partial charge in [-0.3, -0.25) is 14.9 Å². The maximum Gasteiger partial charge on any atom is 0.349 e. The van der Waals surface area contributed by atoms with Crippen LogP contribution in [-0.4, -0.2) is 78.6 Å². The predicted molar refractivity (Wildman–Crippen MR) is 122 cm³/mol. The van der Waals surface area contributed by atoms with Crippen LogP contribution in [0.25, 0.3) is 0 Å². The van der Waals surface area contributed by atoms with Crippen molar-refractivity contribution in [3.63, 3.8) is 0 Å². The fourth-order valence-electron chi connectivity index (χ4n) is 3.07. The van der Waals surface area contributed by atoms with Gasteiger partial charge >= 0.3 is 5.97 Å². The van der Waals surface area contributed by atoms with Crippen LogP contribution in [0.1, 0.15) is 20.7 Å². The molecule has 0 aromatic heterocycles. The van der Waals surface area contributed by atoms with Crippen molar-refractivity contribution in [2.75, 3.05) is 60.8 Å². The Balaban J connectivity index is 1.70. The first-order valence-electron chi connectivity index (χ1n) is 11.0. The minimum absolute atomic E-state index is 0.0171. The molecule has 0 unspecified atom stereocenters. The number of halogens is 1. The first-order chi connectivity index (χ1) is 18.0. The number of carbonyl (C=O) groups is 3. The highest BCUT2D eigenvalue weighted by Crippen LogP contribution is 2.40. The van der Waals surface area contributed by atoms with Crippen LogP contribution in [0.15, 0.2) is 30.3 Å². The standard InChI is InChI=1S/C24H26FNO11/c1-30-8-10-32-13-35-21-16(25)6-7-18(22(21)36-14-33-11-9-31-2)37-19(27)12-34-17-5-3-4-15-20(17)24(29)26-23(15)28/h3-7H,8-14H2,1-2H3,(H,26,28,29). The first kappa shape index (κ1) is 27.8. The number of fused-ring (bicyclic) bond motifs is 1. The van der Waals surface area contributed by atoms with Crippen LogP contribution >= 0.6 is 0 Å². The van der Waals surface area contributed by atoms with Crippen molar-refractivity contribution in [2.24, 2.45) is 0 Å². The average Bonchev–Trinajstić information content (AvgIpc) is 3.18. The number of amides is 2. The summed E-state index contributed by atoms with van der Waals surface area (Å²) in [5.74, 6) is -3.66. The number of nitrogens with one attached hydrogen (secondary N) is 1. The molecule has 3 rings (SSSR count). The van der Waals surface area contributed by atoms with Gasteiger partial charge in [0.25, 0.3) is 11.8 Å². The summed E-state index contributed by atoms with van der Waals surface area (Å²) >= 11 is 0. The number of benzene rings is 2. The highest BCUT2D eigenvalue weighted by Gasteiger charge is 2.30. The summed E-state index contributed by atoms with van der Waals surface area (Å²) in [7, 11) is 3.00. The molecule has 0 radical (unpaired) electrons. The molecule has 0 bridgehead atoms. The molecule has 12 nitrogen and oxygen atoms in total. The van der Waals surface area contributed by atoms with Gasteiger partial charge in [-0.05, 0) is 24.3 Å². The Hall–Kier alpha value is -3.78. The molecule has 13 heteroatoms. The van der Waals surface area contributed by atoms with E-state index in [1.807, 2.05) is 0 Å². The molecule has 0 spiro atoms. The largest absolute Gasteiger partial charge is 0.481 e. The molecule has 2 amide bonds. The number of carbonyl (C=O) groups excluding carboxylic acids is 3. The van der Waals surface area contributed by atoms with Crippen LogP contribution in [0, 0.1) is 5.82 Å². The van der Waals surface area contributed by atoms with Gasteiger partial charge in [0, 0.05) is 14.2 Å². The number of esters is 1. The lowest BCUT2D eigenvalue weighted by Gasteiger charge is -2.17. The number of methoxy groups -OCH3 is 2. The molecule has 200 valence electrons. The van der Waals surface area contributed by atoms with E-state index in [2.05, 4.69) is 5.32 Å². The van der Waals surface area contributed by atoms with Gasteiger partial charge in [0.1, 0.15) is 5.75 Å². The Labute approximate surface area is 211 Å².